The largest absolute Gasteiger partial charge is 0.472 e. The molecule has 0 spiro atoms. The van der Waals surface area contributed by atoms with E-state index in [4.69, 9.17) is 24.3 Å². The SMILES string of the molecule is CCCCCCC/C=C\C/C=C\C/C=C\CCCCCCCCCCCCCCCCCCCCCCCCC(=O)OC(COC(=O)CCCCCCCCC)COP(=O)(O)OCCN. The van der Waals surface area contributed by atoms with Gasteiger partial charge in [0.1, 0.15) is 6.61 Å². The summed E-state index contributed by atoms with van der Waals surface area (Å²) in [5, 5.41) is 0. The summed E-state index contributed by atoms with van der Waals surface area (Å²) >= 11 is 0. The van der Waals surface area contributed by atoms with E-state index in [9.17, 15) is 19.0 Å². The Labute approximate surface area is 401 Å². The van der Waals surface area contributed by atoms with Crippen LogP contribution >= 0.6 is 7.82 Å². The molecule has 0 aromatic carbocycles. The second-order valence-electron chi connectivity index (χ2n) is 18.5. The van der Waals surface area contributed by atoms with Crippen molar-refractivity contribution in [3.63, 3.8) is 0 Å². The number of hydrogen-bond acceptors (Lipinski definition) is 8. The van der Waals surface area contributed by atoms with Crippen LogP contribution in [0.4, 0.5) is 0 Å². The molecule has 0 aliphatic rings. The van der Waals surface area contributed by atoms with Gasteiger partial charge in [-0.3, -0.25) is 18.6 Å². The van der Waals surface area contributed by atoms with Crippen LogP contribution < -0.4 is 5.73 Å². The molecule has 3 N–H and O–H groups in total. The topological polar surface area (TPSA) is 134 Å². The molecule has 0 aromatic heterocycles. The molecule has 0 fully saturated rings. The zero-order valence-electron chi connectivity index (χ0n) is 42.5. The average Bonchev–Trinajstić information content (AvgIpc) is 3.30. The van der Waals surface area contributed by atoms with Crippen molar-refractivity contribution in [2.24, 2.45) is 5.73 Å². The van der Waals surface area contributed by atoms with E-state index in [0.29, 0.717) is 6.42 Å². The lowest BCUT2D eigenvalue weighted by molar-refractivity contribution is -0.161. The highest BCUT2D eigenvalue weighted by Crippen LogP contribution is 2.43. The molecule has 2 atom stereocenters. The number of unbranched alkanes of at least 4 members (excludes halogenated alkanes) is 33. The molecule has 0 amide bonds. The first-order chi connectivity index (χ1) is 31.8. The fourth-order valence-corrected chi connectivity index (χ4v) is 8.70. The maximum Gasteiger partial charge on any atom is 0.472 e. The third kappa shape index (κ3) is 51.5. The van der Waals surface area contributed by atoms with E-state index >= 15 is 0 Å². The number of esters is 2. The predicted molar refractivity (Wildman–Crippen MR) is 275 cm³/mol. The number of carbonyl (C=O) groups excluding carboxylic acids is 2. The molecule has 382 valence electrons. The van der Waals surface area contributed by atoms with Crippen LogP contribution in [-0.2, 0) is 32.7 Å². The van der Waals surface area contributed by atoms with Crippen LogP contribution in [0, 0.1) is 0 Å². The Morgan fingerprint density at radius 3 is 1.18 bits per heavy atom. The van der Waals surface area contributed by atoms with Gasteiger partial charge in [-0.05, 0) is 51.4 Å². The van der Waals surface area contributed by atoms with Gasteiger partial charge in [-0.25, -0.2) is 4.57 Å². The molecule has 10 heteroatoms. The van der Waals surface area contributed by atoms with Crippen molar-refractivity contribution >= 4 is 19.8 Å². The quantitative estimate of drug-likeness (QED) is 0.0264. The van der Waals surface area contributed by atoms with E-state index in [1.165, 1.54) is 193 Å². The lowest BCUT2D eigenvalue weighted by atomic mass is 10.0. The highest BCUT2D eigenvalue weighted by molar-refractivity contribution is 7.47. The van der Waals surface area contributed by atoms with Gasteiger partial charge in [0.25, 0.3) is 0 Å². The summed E-state index contributed by atoms with van der Waals surface area (Å²) in [6.07, 6.45) is 61.1. The molecule has 0 radical (unpaired) electrons. The summed E-state index contributed by atoms with van der Waals surface area (Å²) in [7, 11) is -4.37. The minimum atomic E-state index is -4.37. The lowest BCUT2D eigenvalue weighted by Gasteiger charge is -2.19. The van der Waals surface area contributed by atoms with Crippen LogP contribution in [0.15, 0.2) is 36.5 Å². The summed E-state index contributed by atoms with van der Waals surface area (Å²) in [4.78, 5) is 34.8. The summed E-state index contributed by atoms with van der Waals surface area (Å²) in [5.74, 6) is -0.824. The lowest BCUT2D eigenvalue weighted by Crippen LogP contribution is -2.29. The fourth-order valence-electron chi connectivity index (χ4n) is 7.94. The number of allylic oxidation sites excluding steroid dienone is 6. The smallest absolute Gasteiger partial charge is 0.462 e. The number of phosphoric acid groups is 1. The maximum atomic E-state index is 12.6. The van der Waals surface area contributed by atoms with Crippen molar-refractivity contribution in [2.75, 3.05) is 26.4 Å². The highest BCUT2D eigenvalue weighted by atomic mass is 31.2. The highest BCUT2D eigenvalue weighted by Gasteiger charge is 2.26. The molecule has 2 unspecified atom stereocenters. The fraction of sp³-hybridized carbons (Fsp3) is 0.855. The molecule has 9 nitrogen and oxygen atoms in total. The van der Waals surface area contributed by atoms with Crippen molar-refractivity contribution in [2.45, 2.75) is 277 Å². The third-order valence-corrected chi connectivity index (χ3v) is 13.0. The number of hydrogen-bond donors (Lipinski definition) is 2. The minimum Gasteiger partial charge on any atom is -0.462 e. The first-order valence-corrected chi connectivity index (χ1v) is 29.0. The van der Waals surface area contributed by atoms with Crippen molar-refractivity contribution < 1.29 is 37.6 Å². The van der Waals surface area contributed by atoms with E-state index in [-0.39, 0.29) is 38.6 Å². The summed E-state index contributed by atoms with van der Waals surface area (Å²) in [6.45, 7) is 3.70. The Morgan fingerprint density at radius 2 is 0.800 bits per heavy atom. The van der Waals surface area contributed by atoms with Crippen molar-refractivity contribution in [3.05, 3.63) is 36.5 Å². The van der Waals surface area contributed by atoms with Crippen molar-refractivity contribution in [1.82, 2.24) is 0 Å². The number of rotatable bonds is 52. The van der Waals surface area contributed by atoms with Gasteiger partial charge in [-0.15, -0.1) is 0 Å². The standard InChI is InChI=1S/C55H104NO8P/c1-3-5-7-9-11-12-13-14-15-16-17-18-19-20-21-22-23-24-25-26-27-28-29-30-31-32-33-34-35-36-37-38-39-40-42-44-46-48-55(58)64-53(52-63-65(59,60)62-50-49-56)51-61-54(57)47-45-43-41-10-8-6-4-2/h13-14,16-17,19-20,53H,3-12,15,18,21-52,56H2,1-2H3,(H,59,60)/b14-13-,17-16-,20-19-. The van der Waals surface area contributed by atoms with Crippen LogP contribution in [0.3, 0.4) is 0 Å². The second kappa shape index (κ2) is 51.6. The minimum absolute atomic E-state index is 0.0557. The molecule has 0 saturated heterocycles. The molecule has 65 heavy (non-hydrogen) atoms. The molecule has 0 heterocycles. The Balaban J connectivity index is 3.69. The number of phosphoric ester groups is 1. The second-order valence-corrected chi connectivity index (χ2v) is 19.9. The van der Waals surface area contributed by atoms with Gasteiger partial charge in [-0.1, -0.05) is 243 Å². The van der Waals surface area contributed by atoms with Crippen LogP contribution in [0.2, 0.25) is 0 Å². The Morgan fingerprint density at radius 1 is 0.462 bits per heavy atom. The first kappa shape index (κ1) is 63.2. The molecule has 0 aliphatic heterocycles. The van der Waals surface area contributed by atoms with Crippen LogP contribution in [-0.4, -0.2) is 49.3 Å². The Hall–Kier alpha value is -1.77. The maximum absolute atomic E-state index is 12.6. The van der Waals surface area contributed by atoms with Gasteiger partial charge in [-0.2, -0.15) is 0 Å². The van der Waals surface area contributed by atoms with Crippen LogP contribution in [0.25, 0.3) is 0 Å². The molecule has 0 aliphatic carbocycles. The van der Waals surface area contributed by atoms with E-state index < -0.39 is 26.5 Å². The van der Waals surface area contributed by atoms with Crippen LogP contribution in [0.5, 0.6) is 0 Å². The summed E-state index contributed by atoms with van der Waals surface area (Å²) in [5.41, 5.74) is 5.35. The zero-order valence-corrected chi connectivity index (χ0v) is 43.4. The summed E-state index contributed by atoms with van der Waals surface area (Å²) < 4.78 is 32.7. The van der Waals surface area contributed by atoms with E-state index in [0.717, 1.165) is 44.9 Å². The molecule has 0 bridgehead atoms. The molecular formula is C55H104NO8P. The summed E-state index contributed by atoms with van der Waals surface area (Å²) in [6, 6.07) is 0. The molecule has 0 saturated carbocycles. The molecular weight excluding hydrogens is 834 g/mol. The number of ether oxygens (including phenoxy) is 2. The Kier molecular flexibility index (Phi) is 50.2. The normalized spacial score (nSPS) is 13.4. The van der Waals surface area contributed by atoms with Crippen molar-refractivity contribution in [1.29, 1.82) is 0 Å². The number of nitrogens with two attached hydrogens (primary N) is 1. The number of carbonyl (C=O) groups is 2. The molecule has 0 aromatic rings. The van der Waals surface area contributed by atoms with Gasteiger partial charge >= 0.3 is 19.8 Å². The monoisotopic (exact) mass is 938 g/mol. The van der Waals surface area contributed by atoms with Gasteiger partial charge < -0.3 is 20.1 Å². The van der Waals surface area contributed by atoms with E-state index in [1.807, 2.05) is 0 Å². The van der Waals surface area contributed by atoms with Gasteiger partial charge in [0, 0.05) is 19.4 Å². The predicted octanol–water partition coefficient (Wildman–Crippen LogP) is 16.8. The molecule has 0 rings (SSSR count). The third-order valence-electron chi connectivity index (χ3n) is 12.0. The Bertz CT molecular complexity index is 1160. The van der Waals surface area contributed by atoms with Crippen molar-refractivity contribution in [3.8, 4) is 0 Å². The zero-order chi connectivity index (χ0) is 47.4. The van der Waals surface area contributed by atoms with E-state index in [1.54, 1.807) is 0 Å². The van der Waals surface area contributed by atoms with Gasteiger partial charge in [0.05, 0.1) is 13.2 Å². The first-order valence-electron chi connectivity index (χ1n) is 27.5. The van der Waals surface area contributed by atoms with Gasteiger partial charge in [0.15, 0.2) is 6.10 Å². The van der Waals surface area contributed by atoms with Crippen LogP contribution in [0.1, 0.15) is 271 Å². The average molecular weight is 938 g/mol. The van der Waals surface area contributed by atoms with E-state index in [2.05, 4.69) is 50.3 Å². The van der Waals surface area contributed by atoms with Gasteiger partial charge in [0.2, 0.25) is 0 Å².